The number of imide groups is 1. The summed E-state index contributed by atoms with van der Waals surface area (Å²) < 4.78 is 0. The highest BCUT2D eigenvalue weighted by atomic mass is 16.7. The molecule has 32 heavy (non-hydrogen) atoms. The third-order valence-corrected chi connectivity index (χ3v) is 5.73. The van der Waals surface area contributed by atoms with Crippen LogP contribution >= 0.6 is 0 Å². The van der Waals surface area contributed by atoms with Crippen molar-refractivity contribution in [1.29, 1.82) is 0 Å². The van der Waals surface area contributed by atoms with Crippen molar-refractivity contribution in [3.05, 3.63) is 90.0 Å². The molecular formula is C24H18N2O6. The molecule has 3 atom stereocenters. The standard InChI is InChI=1S/C24H18N2O6/c27-18-12-8-14(9-13-18)20-19-21(32-26(20)17-4-2-1-3-5-17)23(29)25(22(19)28)16-10-6-15(7-11-16)24(30)31/h1-13,19-21,27H,(H,30,31)/t19-,20+,21-/m1/s1. The number of para-hydroxylation sites is 1. The maximum absolute atomic E-state index is 13.5. The van der Waals surface area contributed by atoms with Crippen molar-refractivity contribution >= 4 is 29.2 Å². The van der Waals surface area contributed by atoms with Crippen molar-refractivity contribution in [1.82, 2.24) is 0 Å². The Hall–Kier alpha value is -4.17. The lowest BCUT2D eigenvalue weighted by Gasteiger charge is -2.28. The van der Waals surface area contributed by atoms with Gasteiger partial charge in [-0.2, -0.15) is 0 Å². The maximum Gasteiger partial charge on any atom is 0.335 e. The van der Waals surface area contributed by atoms with E-state index in [2.05, 4.69) is 0 Å². The first-order valence-corrected chi connectivity index (χ1v) is 9.97. The number of benzene rings is 3. The van der Waals surface area contributed by atoms with Crippen LogP contribution in [-0.4, -0.2) is 34.1 Å². The monoisotopic (exact) mass is 430 g/mol. The van der Waals surface area contributed by atoms with Gasteiger partial charge in [0.05, 0.1) is 23.0 Å². The van der Waals surface area contributed by atoms with Gasteiger partial charge in [-0.3, -0.25) is 14.4 Å². The highest BCUT2D eigenvalue weighted by Crippen LogP contribution is 2.47. The van der Waals surface area contributed by atoms with Gasteiger partial charge in [0.2, 0.25) is 5.91 Å². The summed E-state index contributed by atoms with van der Waals surface area (Å²) in [5.74, 6) is -2.76. The van der Waals surface area contributed by atoms with Gasteiger partial charge in [-0.25, -0.2) is 14.8 Å². The number of phenolic OH excluding ortho intramolecular Hbond substituents is 1. The van der Waals surface area contributed by atoms with E-state index in [4.69, 9.17) is 9.94 Å². The topological polar surface area (TPSA) is 107 Å². The van der Waals surface area contributed by atoms with Gasteiger partial charge in [-0.15, -0.1) is 0 Å². The van der Waals surface area contributed by atoms with E-state index in [0.717, 1.165) is 4.90 Å². The lowest BCUT2D eigenvalue weighted by Crippen LogP contribution is -2.37. The van der Waals surface area contributed by atoms with Crippen LogP contribution < -0.4 is 9.96 Å². The summed E-state index contributed by atoms with van der Waals surface area (Å²) in [5, 5.41) is 20.4. The third-order valence-electron chi connectivity index (χ3n) is 5.73. The number of carboxylic acids is 1. The van der Waals surface area contributed by atoms with Crippen molar-refractivity contribution in [2.24, 2.45) is 5.92 Å². The van der Waals surface area contributed by atoms with Crippen LogP contribution in [0.1, 0.15) is 22.0 Å². The lowest BCUT2D eigenvalue weighted by molar-refractivity contribution is -0.126. The molecule has 2 amide bonds. The zero-order valence-electron chi connectivity index (χ0n) is 16.7. The number of fused-ring (bicyclic) bond motifs is 1. The molecule has 0 aliphatic carbocycles. The van der Waals surface area contributed by atoms with Crippen LogP contribution in [0.15, 0.2) is 78.9 Å². The van der Waals surface area contributed by atoms with Crippen LogP contribution in [-0.2, 0) is 14.4 Å². The van der Waals surface area contributed by atoms with Crippen molar-refractivity contribution < 1.29 is 29.4 Å². The normalized spacial score (nSPS) is 22.3. The molecule has 2 aliphatic rings. The van der Waals surface area contributed by atoms with E-state index in [0.29, 0.717) is 16.9 Å². The molecule has 3 aromatic rings. The molecule has 2 fully saturated rings. The molecule has 0 saturated carbocycles. The summed E-state index contributed by atoms with van der Waals surface area (Å²) in [6, 6.07) is 20.6. The largest absolute Gasteiger partial charge is 0.508 e. The Morgan fingerprint density at radius 2 is 1.47 bits per heavy atom. The van der Waals surface area contributed by atoms with E-state index in [1.165, 1.54) is 36.4 Å². The van der Waals surface area contributed by atoms with E-state index in [-0.39, 0.29) is 11.3 Å². The molecule has 8 nitrogen and oxygen atoms in total. The number of hydrogen-bond donors (Lipinski definition) is 2. The summed E-state index contributed by atoms with van der Waals surface area (Å²) >= 11 is 0. The molecule has 0 unspecified atom stereocenters. The van der Waals surface area contributed by atoms with E-state index in [1.54, 1.807) is 17.2 Å². The highest BCUT2D eigenvalue weighted by Gasteiger charge is 2.60. The Morgan fingerprint density at radius 1 is 0.812 bits per heavy atom. The van der Waals surface area contributed by atoms with E-state index in [1.807, 2.05) is 30.3 Å². The first-order chi connectivity index (χ1) is 15.5. The van der Waals surface area contributed by atoms with Gasteiger partial charge in [-0.05, 0) is 54.1 Å². The van der Waals surface area contributed by atoms with E-state index >= 15 is 0 Å². The van der Waals surface area contributed by atoms with Gasteiger partial charge < -0.3 is 10.2 Å². The maximum atomic E-state index is 13.5. The predicted molar refractivity (Wildman–Crippen MR) is 114 cm³/mol. The van der Waals surface area contributed by atoms with E-state index < -0.39 is 35.8 Å². The van der Waals surface area contributed by atoms with Crippen molar-refractivity contribution in [3.8, 4) is 5.75 Å². The number of hydrogen-bond acceptors (Lipinski definition) is 6. The molecule has 0 bridgehead atoms. The SMILES string of the molecule is O=C(O)c1ccc(N2C(=O)[C@H]3[C@@H](ON(c4ccccc4)[C@H]3c3ccc(O)cc3)C2=O)cc1. The van der Waals surface area contributed by atoms with Gasteiger partial charge >= 0.3 is 5.97 Å². The minimum atomic E-state index is -1.10. The summed E-state index contributed by atoms with van der Waals surface area (Å²) in [5.41, 5.74) is 1.75. The van der Waals surface area contributed by atoms with Crippen molar-refractivity contribution in [2.75, 3.05) is 9.96 Å². The van der Waals surface area contributed by atoms with Gasteiger partial charge in [0.15, 0.2) is 6.10 Å². The average molecular weight is 430 g/mol. The predicted octanol–water partition coefficient (Wildman–Crippen LogP) is 3.14. The molecule has 0 spiro atoms. The average Bonchev–Trinajstić information content (AvgIpc) is 3.31. The van der Waals surface area contributed by atoms with Crippen molar-refractivity contribution in [2.45, 2.75) is 12.1 Å². The number of aromatic carboxylic acids is 1. The molecule has 0 radical (unpaired) electrons. The van der Waals surface area contributed by atoms with Gasteiger partial charge in [-0.1, -0.05) is 30.3 Å². The number of rotatable bonds is 4. The minimum absolute atomic E-state index is 0.0570. The number of carbonyl (C=O) groups excluding carboxylic acids is 2. The molecule has 5 rings (SSSR count). The number of aromatic hydroxyl groups is 1. The molecule has 0 aromatic heterocycles. The Morgan fingerprint density at radius 3 is 2.09 bits per heavy atom. The van der Waals surface area contributed by atoms with Gasteiger partial charge in [0.1, 0.15) is 11.7 Å². The molecule has 8 heteroatoms. The fourth-order valence-electron chi connectivity index (χ4n) is 4.23. The lowest BCUT2D eigenvalue weighted by atomic mass is 9.90. The smallest absolute Gasteiger partial charge is 0.335 e. The second-order valence-corrected chi connectivity index (χ2v) is 7.61. The van der Waals surface area contributed by atoms with Gasteiger partial charge in [0.25, 0.3) is 5.91 Å². The number of carbonyl (C=O) groups is 3. The molecular weight excluding hydrogens is 412 g/mol. The molecule has 2 saturated heterocycles. The number of anilines is 2. The van der Waals surface area contributed by atoms with Crippen LogP contribution in [0.2, 0.25) is 0 Å². The summed E-state index contributed by atoms with van der Waals surface area (Å²) in [6.07, 6.45) is -1.03. The zero-order valence-corrected chi connectivity index (χ0v) is 16.7. The first-order valence-electron chi connectivity index (χ1n) is 9.97. The number of amides is 2. The fraction of sp³-hybridized carbons (Fsp3) is 0.125. The second kappa shape index (κ2) is 7.51. The first kappa shape index (κ1) is 19.8. The molecule has 2 aliphatic heterocycles. The Labute approximate surface area is 182 Å². The van der Waals surface area contributed by atoms with Crippen LogP contribution in [0.3, 0.4) is 0 Å². The Bertz CT molecular complexity index is 1190. The van der Waals surface area contributed by atoms with Crippen LogP contribution in [0.25, 0.3) is 0 Å². The minimum Gasteiger partial charge on any atom is -0.508 e. The fourth-order valence-corrected chi connectivity index (χ4v) is 4.23. The number of nitrogens with zero attached hydrogens (tertiary/aromatic N) is 2. The van der Waals surface area contributed by atoms with E-state index in [9.17, 15) is 19.5 Å². The number of carboxylic acid groups (broad SMARTS) is 1. The zero-order chi connectivity index (χ0) is 22.4. The summed E-state index contributed by atoms with van der Waals surface area (Å²) in [7, 11) is 0. The quantitative estimate of drug-likeness (QED) is 0.613. The Kier molecular flexibility index (Phi) is 4.64. The summed E-state index contributed by atoms with van der Waals surface area (Å²) in [6.45, 7) is 0. The van der Waals surface area contributed by atoms with Gasteiger partial charge in [0, 0.05) is 0 Å². The molecule has 160 valence electrons. The third kappa shape index (κ3) is 3.09. The molecule has 3 aromatic carbocycles. The summed E-state index contributed by atoms with van der Waals surface area (Å²) in [4.78, 5) is 44.9. The van der Waals surface area contributed by atoms with Crippen LogP contribution in [0, 0.1) is 5.92 Å². The molecule has 2 N–H and O–H groups in total. The highest BCUT2D eigenvalue weighted by molar-refractivity contribution is 6.24. The number of phenols is 1. The second-order valence-electron chi connectivity index (χ2n) is 7.61. The van der Waals surface area contributed by atoms with Crippen molar-refractivity contribution in [3.63, 3.8) is 0 Å². The molecule has 2 heterocycles. The van der Waals surface area contributed by atoms with Crippen LogP contribution in [0.4, 0.5) is 11.4 Å². The van der Waals surface area contributed by atoms with Crippen LogP contribution in [0.5, 0.6) is 5.75 Å². The Balaban J connectivity index is 1.55. The number of hydroxylamine groups is 1.